The lowest BCUT2D eigenvalue weighted by Crippen LogP contribution is -2.47. The van der Waals surface area contributed by atoms with Crippen LogP contribution in [-0.2, 0) is 135 Å². The van der Waals surface area contributed by atoms with Crippen molar-refractivity contribution in [3.8, 4) is 11.4 Å². The summed E-state index contributed by atoms with van der Waals surface area (Å²) in [7, 11) is 0. The topological polar surface area (TPSA) is 328 Å². The van der Waals surface area contributed by atoms with Gasteiger partial charge in [0.1, 0.15) is 31.4 Å². The maximum Gasteiger partial charge on any atom is 0.510 e. The maximum absolute atomic E-state index is 14.0. The lowest BCUT2D eigenvalue weighted by Gasteiger charge is -2.35. The average Bonchev–Trinajstić information content (AvgIpc) is 1.65. The molecule has 2 aromatic carbocycles. The smallest absolute Gasteiger partial charge is 0.457 e. The van der Waals surface area contributed by atoms with Gasteiger partial charge in [0, 0.05) is 98.0 Å². The normalized spacial score (nSPS) is 17.5. The predicted molar refractivity (Wildman–Crippen MR) is 402 cm³/mol. The standard InChI is InChI=1S/C41H45N3O8.C40H68N4O13/c1-6-9-10-11-27(19-25(5)45)37(46)42-28-15-13-26(14-16-28)22-51-40(49)52-41(8-3)33-20-35-36-31(21-44(35)38(47)32(33)23-50-39(41)48)29(7-2)30-18-24(4)12-17-34(30)43-36;1-3-49-32-37(45)5-4-13-50-15-17-52-19-21-54-23-25-56-27-28-57-26-24-55-22-20-53-18-16-51-14-12-43-31-36(41-42-43)10-11-38(46)35-8-6-34(7-9-35)30-44-39(47)29-33(2)40(44)48/h12-18,20,27H,6-11,19,21-23H2,1-5H3,(H,42,46);31,33-35H,3-30,32H2,1-2H3. The van der Waals surface area contributed by atoms with Crippen molar-refractivity contribution in [1.29, 1.82) is 0 Å². The number of cyclic esters (lactones) is 1. The Balaban J connectivity index is 0.000000275. The molecule has 6 heterocycles. The van der Waals surface area contributed by atoms with E-state index in [1.165, 1.54) is 11.8 Å². The highest BCUT2D eigenvalue weighted by molar-refractivity contribution is 6.03. The van der Waals surface area contributed by atoms with Crippen LogP contribution in [0.3, 0.4) is 0 Å². The highest BCUT2D eigenvalue weighted by atomic mass is 16.7. The van der Waals surface area contributed by atoms with Gasteiger partial charge in [0.15, 0.2) is 5.78 Å². The van der Waals surface area contributed by atoms with Crippen molar-refractivity contribution in [3.63, 3.8) is 0 Å². The lowest BCUT2D eigenvalue weighted by molar-refractivity contribution is -0.175. The highest BCUT2D eigenvalue weighted by Gasteiger charge is 2.51. The van der Waals surface area contributed by atoms with Gasteiger partial charge in [-0.3, -0.25) is 33.7 Å². The summed E-state index contributed by atoms with van der Waals surface area (Å²) < 4.78 is 69.3. The first-order valence-electron chi connectivity index (χ1n) is 39.0. The van der Waals surface area contributed by atoms with Crippen LogP contribution in [0.2, 0.25) is 0 Å². The number of aryl methyl sites for hydroxylation is 3. The van der Waals surface area contributed by atoms with Crippen molar-refractivity contribution in [2.24, 2.45) is 23.7 Å². The van der Waals surface area contributed by atoms with Crippen molar-refractivity contribution in [1.82, 2.24) is 29.4 Å². The first kappa shape index (κ1) is 86.5. The molecule has 1 aliphatic carbocycles. The van der Waals surface area contributed by atoms with E-state index in [1.54, 1.807) is 53.4 Å². The monoisotopic (exact) mass is 1520 g/mol. The maximum atomic E-state index is 14.0. The number of benzene rings is 2. The van der Waals surface area contributed by atoms with Gasteiger partial charge in [0.2, 0.25) is 23.3 Å². The summed E-state index contributed by atoms with van der Waals surface area (Å²) in [5.41, 5.74) is 5.50. The van der Waals surface area contributed by atoms with E-state index in [1.807, 2.05) is 32.2 Å². The number of pyridine rings is 2. The number of anilines is 1. The summed E-state index contributed by atoms with van der Waals surface area (Å²) in [4.78, 5) is 120. The Kier molecular flexibility index (Phi) is 36.5. The molecule has 0 bridgehead atoms. The van der Waals surface area contributed by atoms with Crippen LogP contribution in [0.25, 0.3) is 22.3 Å². The third-order valence-corrected chi connectivity index (χ3v) is 19.9. The molecule has 0 radical (unpaired) electrons. The number of aromatic nitrogens is 5. The molecule has 9 rings (SSSR count). The van der Waals surface area contributed by atoms with Crippen molar-refractivity contribution in [2.75, 3.05) is 131 Å². The molecular weight excluding hydrogens is 1410 g/mol. The molecule has 3 atom stereocenters. The predicted octanol–water partition coefficient (Wildman–Crippen LogP) is 9.93. The van der Waals surface area contributed by atoms with E-state index < -0.39 is 23.6 Å². The van der Waals surface area contributed by atoms with E-state index in [0.29, 0.717) is 193 Å². The second kappa shape index (κ2) is 45.9. The Bertz CT molecular complexity index is 3830. The van der Waals surface area contributed by atoms with E-state index in [0.717, 1.165) is 84.7 Å². The van der Waals surface area contributed by atoms with Crippen LogP contribution in [0, 0.1) is 30.6 Å². The van der Waals surface area contributed by atoms with E-state index >= 15 is 0 Å². The van der Waals surface area contributed by atoms with E-state index in [-0.39, 0.29) is 102 Å². The Hall–Kier alpha value is -8.06. The number of carbonyl (C=O) groups is 8. The number of nitrogens with one attached hydrogen (secondary N) is 1. The Morgan fingerprint density at radius 2 is 1.35 bits per heavy atom. The number of hydrogen-bond donors (Lipinski definition) is 1. The van der Waals surface area contributed by atoms with Crippen molar-refractivity contribution >= 4 is 63.8 Å². The second-order valence-corrected chi connectivity index (χ2v) is 28.1. The molecule has 1 saturated carbocycles. The fourth-order valence-corrected chi connectivity index (χ4v) is 13.8. The van der Waals surface area contributed by atoms with Crippen LogP contribution in [0.15, 0.2) is 59.5 Å². The number of likely N-dealkylation sites (tertiary alicyclic amines) is 1. The number of rotatable bonds is 50. The molecule has 1 saturated heterocycles. The molecule has 3 unspecified atom stereocenters. The third kappa shape index (κ3) is 26.6. The number of carbonyl (C=O) groups excluding carboxylic acids is 8. The van der Waals surface area contributed by atoms with Crippen molar-refractivity contribution < 1.29 is 95.2 Å². The Morgan fingerprint density at radius 3 is 1.94 bits per heavy atom. The van der Waals surface area contributed by atoms with Crippen molar-refractivity contribution in [2.45, 2.75) is 183 Å². The summed E-state index contributed by atoms with van der Waals surface area (Å²) in [5.74, 6) is -1.07. The van der Waals surface area contributed by atoms with Crippen LogP contribution in [0.5, 0.6) is 0 Å². The van der Waals surface area contributed by atoms with Crippen LogP contribution in [0.4, 0.5) is 10.5 Å². The molecule has 2 fully saturated rings. The zero-order chi connectivity index (χ0) is 77.9. The summed E-state index contributed by atoms with van der Waals surface area (Å²) >= 11 is 0. The fraction of sp³-hybridized carbons (Fsp3) is 0.630. The molecule has 3 aliphatic heterocycles. The molecule has 1 N–H and O–H groups in total. The molecular formula is C81H113N7O21. The molecule has 109 heavy (non-hydrogen) atoms. The van der Waals surface area contributed by atoms with E-state index in [9.17, 15) is 43.2 Å². The molecule has 5 aromatic rings. The summed E-state index contributed by atoms with van der Waals surface area (Å²) in [6.45, 7) is 22.5. The minimum atomic E-state index is -1.90. The number of imide groups is 1. The summed E-state index contributed by atoms with van der Waals surface area (Å²) in [5, 5.41) is 12.3. The van der Waals surface area contributed by atoms with Gasteiger partial charge in [-0.1, -0.05) is 75.9 Å². The number of hydrogen-bond acceptors (Lipinski definition) is 24. The van der Waals surface area contributed by atoms with Crippen LogP contribution < -0.4 is 10.9 Å². The van der Waals surface area contributed by atoms with Crippen molar-refractivity contribution in [3.05, 3.63) is 104 Å². The van der Waals surface area contributed by atoms with E-state index in [4.69, 9.17) is 61.8 Å². The molecule has 3 aromatic heterocycles. The van der Waals surface area contributed by atoms with Gasteiger partial charge in [0.25, 0.3) is 5.56 Å². The summed E-state index contributed by atoms with van der Waals surface area (Å²) in [6, 6.07) is 14.6. The Labute approximate surface area is 638 Å². The minimum Gasteiger partial charge on any atom is -0.457 e. The number of amides is 3. The SMILES string of the molecule is CCCCCC(CC(C)=O)C(=O)Nc1ccc(COC(=O)OC2(CC)C(=O)OCc3c2cc2n(c3=O)Cc3c-2nc2ccc(C)cc2c3CC)cc1.CCOCC(=O)CCCOCCOCCOCCOCCOCCOCCOCCOCCn1cc(CCC(=O)C2CCC(CN3C(=O)CC(C)C3=O)CC2)nn1. The summed E-state index contributed by atoms with van der Waals surface area (Å²) in [6.07, 6.45) is 11.1. The molecule has 4 aliphatic rings. The van der Waals surface area contributed by atoms with Gasteiger partial charge in [-0.15, -0.1) is 5.10 Å². The number of Topliss-reactive ketones (excluding diaryl/α,β-unsaturated/α-hetero) is 3. The zero-order valence-electron chi connectivity index (χ0n) is 64.8. The molecule has 28 nitrogen and oxygen atoms in total. The van der Waals surface area contributed by atoms with Crippen LogP contribution in [-0.4, -0.2) is 202 Å². The number of ether oxygens (including phenoxy) is 12. The van der Waals surface area contributed by atoms with E-state index in [2.05, 4.69) is 35.5 Å². The fourth-order valence-electron chi connectivity index (χ4n) is 13.8. The largest absolute Gasteiger partial charge is 0.510 e. The average molecular weight is 1520 g/mol. The van der Waals surface area contributed by atoms with Gasteiger partial charge in [-0.25, -0.2) is 19.3 Å². The van der Waals surface area contributed by atoms with Crippen LogP contribution >= 0.6 is 0 Å². The number of ketones is 3. The lowest BCUT2D eigenvalue weighted by atomic mass is 9.79. The highest BCUT2D eigenvalue weighted by Crippen LogP contribution is 2.43. The minimum absolute atomic E-state index is 0.00574. The van der Waals surface area contributed by atoms with Crippen LogP contribution in [0.1, 0.15) is 171 Å². The number of esters is 1. The Morgan fingerprint density at radius 1 is 0.716 bits per heavy atom. The third-order valence-electron chi connectivity index (χ3n) is 19.9. The van der Waals surface area contributed by atoms with Gasteiger partial charge in [0.05, 0.1) is 140 Å². The molecule has 3 amide bonds. The van der Waals surface area contributed by atoms with Gasteiger partial charge in [-0.2, -0.15) is 0 Å². The van der Waals surface area contributed by atoms with Gasteiger partial charge < -0.3 is 71.5 Å². The number of nitrogens with zero attached hydrogens (tertiary/aromatic N) is 6. The first-order valence-corrected chi connectivity index (χ1v) is 39.0. The zero-order valence-corrected chi connectivity index (χ0v) is 64.8. The number of unbranched alkanes of at least 4 members (excludes halogenated alkanes) is 2. The van der Waals surface area contributed by atoms with Gasteiger partial charge >= 0.3 is 12.1 Å². The molecule has 28 heteroatoms. The second-order valence-electron chi connectivity index (χ2n) is 28.1. The van der Waals surface area contributed by atoms with Gasteiger partial charge in [-0.05, 0) is 120 Å². The first-order chi connectivity index (χ1) is 52.9. The quantitative estimate of drug-likeness (QED) is 0.0211. The molecule has 0 spiro atoms. The number of fused-ring (bicyclic) bond motifs is 5. The molecule has 598 valence electrons.